The molecule has 0 spiro atoms. The van der Waals surface area contributed by atoms with Crippen LogP contribution in [0.4, 0.5) is 5.69 Å². The van der Waals surface area contributed by atoms with E-state index in [1.54, 1.807) is 29.1 Å². The largest absolute Gasteiger partial charge is 0.398 e. The van der Waals surface area contributed by atoms with Crippen molar-refractivity contribution in [1.29, 1.82) is 0 Å². The second kappa shape index (κ2) is 5.50. The van der Waals surface area contributed by atoms with Gasteiger partial charge in [0.1, 0.15) is 0 Å². The molecule has 0 atom stereocenters. The maximum atomic E-state index is 12.5. The zero-order chi connectivity index (χ0) is 15.0. The highest BCUT2D eigenvalue weighted by molar-refractivity contribution is 9.10. The molecular weight excluding hydrogens is 354 g/mol. The first-order chi connectivity index (χ1) is 10.0. The minimum atomic E-state index is -0.0881. The lowest BCUT2D eigenvalue weighted by molar-refractivity contribution is 0.748. The van der Waals surface area contributed by atoms with Gasteiger partial charge in [-0.25, -0.2) is 4.98 Å². The molecule has 4 nitrogen and oxygen atoms in total. The Kier molecular flexibility index (Phi) is 3.69. The topological polar surface area (TPSA) is 60.9 Å². The summed E-state index contributed by atoms with van der Waals surface area (Å²) < 4.78 is 2.40. The van der Waals surface area contributed by atoms with E-state index in [4.69, 9.17) is 17.3 Å². The SMILES string of the molecule is Nc1cc(Cn2cnc3ccc(Br)cc3c2=O)ccc1Cl. The van der Waals surface area contributed by atoms with Crippen molar-refractivity contribution < 1.29 is 0 Å². The summed E-state index contributed by atoms with van der Waals surface area (Å²) >= 11 is 9.27. The van der Waals surface area contributed by atoms with Crippen LogP contribution in [0.5, 0.6) is 0 Å². The lowest BCUT2D eigenvalue weighted by atomic mass is 10.2. The van der Waals surface area contributed by atoms with E-state index < -0.39 is 0 Å². The van der Waals surface area contributed by atoms with Crippen LogP contribution in [0.25, 0.3) is 10.9 Å². The molecule has 2 N–H and O–H groups in total. The molecule has 0 radical (unpaired) electrons. The third kappa shape index (κ3) is 2.80. The molecule has 1 aromatic heterocycles. The van der Waals surface area contributed by atoms with Crippen LogP contribution < -0.4 is 11.3 Å². The van der Waals surface area contributed by atoms with Crippen LogP contribution in [0.15, 0.2) is 52.0 Å². The van der Waals surface area contributed by atoms with Crippen molar-refractivity contribution >= 4 is 44.1 Å². The van der Waals surface area contributed by atoms with Crippen LogP contribution in [-0.4, -0.2) is 9.55 Å². The molecule has 0 bridgehead atoms. The standard InChI is InChI=1S/C15H11BrClN3O/c16-10-2-4-14-11(6-10)15(21)20(8-19-14)7-9-1-3-12(17)13(18)5-9/h1-6,8H,7,18H2. The molecule has 0 saturated heterocycles. The van der Waals surface area contributed by atoms with Gasteiger partial charge in [0.15, 0.2) is 0 Å². The zero-order valence-electron chi connectivity index (χ0n) is 10.9. The molecule has 3 aromatic rings. The fourth-order valence-corrected chi connectivity index (χ4v) is 2.61. The van der Waals surface area contributed by atoms with Gasteiger partial charge in [-0.2, -0.15) is 0 Å². The van der Waals surface area contributed by atoms with Crippen LogP contribution in [-0.2, 0) is 6.54 Å². The predicted octanol–water partition coefficient (Wildman–Crippen LogP) is 3.44. The summed E-state index contributed by atoms with van der Waals surface area (Å²) in [5.41, 5.74) is 7.77. The van der Waals surface area contributed by atoms with E-state index in [-0.39, 0.29) is 5.56 Å². The highest BCUT2D eigenvalue weighted by atomic mass is 79.9. The number of rotatable bonds is 2. The molecule has 0 fully saturated rings. The molecule has 2 aromatic carbocycles. The van der Waals surface area contributed by atoms with Crippen LogP contribution in [0.3, 0.4) is 0 Å². The summed E-state index contributed by atoms with van der Waals surface area (Å²) in [6.07, 6.45) is 1.55. The number of nitrogen functional groups attached to an aromatic ring is 1. The third-order valence-electron chi connectivity index (χ3n) is 3.20. The molecule has 0 aliphatic rings. The number of benzene rings is 2. The van der Waals surface area contributed by atoms with E-state index in [0.29, 0.717) is 28.2 Å². The van der Waals surface area contributed by atoms with Crippen molar-refractivity contribution in [1.82, 2.24) is 9.55 Å². The van der Waals surface area contributed by atoms with E-state index in [1.165, 1.54) is 0 Å². The fraction of sp³-hybridized carbons (Fsp3) is 0.0667. The molecule has 0 aliphatic heterocycles. The van der Waals surface area contributed by atoms with Crippen molar-refractivity contribution in [2.24, 2.45) is 0 Å². The van der Waals surface area contributed by atoms with Gasteiger partial charge in [0.05, 0.1) is 34.5 Å². The molecule has 0 saturated carbocycles. The molecule has 0 amide bonds. The fourth-order valence-electron chi connectivity index (χ4n) is 2.13. The predicted molar refractivity (Wildman–Crippen MR) is 88.7 cm³/mol. The van der Waals surface area contributed by atoms with Gasteiger partial charge in [0.2, 0.25) is 0 Å². The first-order valence-electron chi connectivity index (χ1n) is 6.23. The molecule has 0 unspecified atom stereocenters. The number of hydrogen-bond acceptors (Lipinski definition) is 3. The first kappa shape index (κ1) is 14.1. The maximum absolute atomic E-state index is 12.5. The number of hydrogen-bond donors (Lipinski definition) is 1. The molecule has 1 heterocycles. The van der Waals surface area contributed by atoms with E-state index in [0.717, 1.165) is 10.0 Å². The lowest BCUT2D eigenvalue weighted by Crippen LogP contribution is -2.21. The normalized spacial score (nSPS) is 11.0. The Morgan fingerprint density at radius 3 is 2.81 bits per heavy atom. The number of aromatic nitrogens is 2. The molecule has 6 heteroatoms. The van der Waals surface area contributed by atoms with Gasteiger partial charge < -0.3 is 5.73 Å². The van der Waals surface area contributed by atoms with Gasteiger partial charge >= 0.3 is 0 Å². The van der Waals surface area contributed by atoms with E-state index in [2.05, 4.69) is 20.9 Å². The average Bonchev–Trinajstić information content (AvgIpc) is 2.46. The van der Waals surface area contributed by atoms with Crippen molar-refractivity contribution in [3.63, 3.8) is 0 Å². The second-order valence-electron chi connectivity index (χ2n) is 4.69. The summed E-state index contributed by atoms with van der Waals surface area (Å²) in [6.45, 7) is 0.398. The summed E-state index contributed by atoms with van der Waals surface area (Å²) in [5, 5.41) is 1.08. The van der Waals surface area contributed by atoms with E-state index in [1.807, 2.05) is 18.2 Å². The van der Waals surface area contributed by atoms with Crippen LogP contribution in [0.1, 0.15) is 5.56 Å². The quantitative estimate of drug-likeness (QED) is 0.709. The highest BCUT2D eigenvalue weighted by Crippen LogP contribution is 2.20. The number of halogens is 2. The monoisotopic (exact) mass is 363 g/mol. The number of anilines is 1. The van der Waals surface area contributed by atoms with Crippen LogP contribution >= 0.6 is 27.5 Å². The maximum Gasteiger partial charge on any atom is 0.261 e. The van der Waals surface area contributed by atoms with Gasteiger partial charge in [-0.15, -0.1) is 0 Å². The van der Waals surface area contributed by atoms with Crippen molar-refractivity contribution in [3.05, 3.63) is 68.1 Å². The van der Waals surface area contributed by atoms with E-state index >= 15 is 0 Å². The second-order valence-corrected chi connectivity index (χ2v) is 6.02. The van der Waals surface area contributed by atoms with Crippen molar-refractivity contribution in [3.8, 4) is 0 Å². The zero-order valence-corrected chi connectivity index (χ0v) is 13.2. The van der Waals surface area contributed by atoms with Gasteiger partial charge in [0, 0.05) is 4.47 Å². The Labute approximate surface area is 134 Å². The Morgan fingerprint density at radius 1 is 1.24 bits per heavy atom. The van der Waals surface area contributed by atoms with Crippen molar-refractivity contribution in [2.75, 3.05) is 5.73 Å². The average molecular weight is 365 g/mol. The van der Waals surface area contributed by atoms with Gasteiger partial charge in [0.25, 0.3) is 5.56 Å². The first-order valence-corrected chi connectivity index (χ1v) is 7.40. The minimum Gasteiger partial charge on any atom is -0.398 e. The number of nitrogens with two attached hydrogens (primary N) is 1. The Balaban J connectivity index is 2.06. The summed E-state index contributed by atoms with van der Waals surface area (Å²) in [7, 11) is 0. The molecular formula is C15H11BrClN3O. The Hall–Kier alpha value is -1.85. The molecule has 21 heavy (non-hydrogen) atoms. The number of fused-ring (bicyclic) bond motifs is 1. The highest BCUT2D eigenvalue weighted by Gasteiger charge is 2.06. The van der Waals surface area contributed by atoms with Crippen LogP contribution in [0.2, 0.25) is 5.02 Å². The minimum absolute atomic E-state index is 0.0881. The Morgan fingerprint density at radius 2 is 2.05 bits per heavy atom. The molecule has 0 aliphatic carbocycles. The van der Waals surface area contributed by atoms with Gasteiger partial charge in [-0.3, -0.25) is 9.36 Å². The molecule has 106 valence electrons. The number of nitrogens with zero attached hydrogens (tertiary/aromatic N) is 2. The van der Waals surface area contributed by atoms with Crippen molar-refractivity contribution in [2.45, 2.75) is 6.54 Å². The summed E-state index contributed by atoms with van der Waals surface area (Å²) in [5.74, 6) is 0. The van der Waals surface area contributed by atoms with Crippen LogP contribution in [0, 0.1) is 0 Å². The third-order valence-corrected chi connectivity index (χ3v) is 4.04. The Bertz CT molecular complexity index is 892. The van der Waals surface area contributed by atoms with E-state index in [9.17, 15) is 4.79 Å². The smallest absolute Gasteiger partial charge is 0.261 e. The van der Waals surface area contributed by atoms with Gasteiger partial charge in [-0.1, -0.05) is 33.6 Å². The summed E-state index contributed by atoms with van der Waals surface area (Å²) in [6, 6.07) is 10.8. The summed E-state index contributed by atoms with van der Waals surface area (Å²) in [4.78, 5) is 16.8. The lowest BCUT2D eigenvalue weighted by Gasteiger charge is -2.08. The molecule has 3 rings (SSSR count). The van der Waals surface area contributed by atoms with Gasteiger partial charge in [-0.05, 0) is 35.9 Å².